The Labute approximate surface area is 198 Å². The van der Waals surface area contributed by atoms with Crippen LogP contribution in [0.3, 0.4) is 0 Å². The summed E-state index contributed by atoms with van der Waals surface area (Å²) in [5.41, 5.74) is -0.131. The molecule has 3 rings (SSSR count). The summed E-state index contributed by atoms with van der Waals surface area (Å²) in [5, 5.41) is 33.4. The third-order valence-corrected chi connectivity index (χ3v) is 6.73. The highest BCUT2D eigenvalue weighted by molar-refractivity contribution is 7.91. The zero-order valence-corrected chi connectivity index (χ0v) is 19.4. The number of benzene rings is 2. The van der Waals surface area contributed by atoms with E-state index in [1.165, 1.54) is 31.2 Å². The Morgan fingerprint density at radius 3 is 2.43 bits per heavy atom. The van der Waals surface area contributed by atoms with Gasteiger partial charge in [-0.2, -0.15) is 28.8 Å². The van der Waals surface area contributed by atoms with Gasteiger partial charge in [-0.05, 0) is 37.3 Å². The van der Waals surface area contributed by atoms with Crippen LogP contribution >= 0.6 is 0 Å². The fourth-order valence-corrected chi connectivity index (χ4v) is 4.35. The minimum atomic E-state index is -4.78. The number of hydrazone groups is 1. The molecular weight excluding hydrogens is 510 g/mol. The molecule has 0 aliphatic carbocycles. The lowest BCUT2D eigenvalue weighted by molar-refractivity contribution is -0.384. The molecule has 17 heteroatoms. The quantitative estimate of drug-likeness (QED) is 0.208. The van der Waals surface area contributed by atoms with Crippen LogP contribution < -0.4 is 5.01 Å². The van der Waals surface area contributed by atoms with E-state index >= 15 is 0 Å². The Hall–Kier alpha value is -3.80. The summed E-state index contributed by atoms with van der Waals surface area (Å²) in [7, 11) is -8.73. The molecule has 186 valence electrons. The Morgan fingerprint density at radius 1 is 1.17 bits per heavy atom. The second-order valence-corrected chi connectivity index (χ2v) is 10.2. The van der Waals surface area contributed by atoms with Gasteiger partial charge >= 0.3 is 10.4 Å². The zero-order chi connectivity index (χ0) is 26.0. The number of anilines is 1. The van der Waals surface area contributed by atoms with E-state index in [4.69, 9.17) is 4.55 Å². The lowest BCUT2D eigenvalue weighted by atomic mass is 10.2. The van der Waals surface area contributed by atoms with E-state index in [1.54, 1.807) is 0 Å². The molecule has 0 fully saturated rings. The first kappa shape index (κ1) is 25.8. The zero-order valence-electron chi connectivity index (χ0n) is 17.7. The number of nitro groups is 1. The van der Waals surface area contributed by atoms with Crippen molar-refractivity contribution in [1.82, 2.24) is 0 Å². The van der Waals surface area contributed by atoms with Gasteiger partial charge in [-0.1, -0.05) is 0 Å². The number of carbonyl (C=O) groups is 1. The van der Waals surface area contributed by atoms with E-state index in [0.717, 1.165) is 23.2 Å². The molecule has 2 N–H and O–H groups in total. The number of aromatic hydroxyl groups is 1. The van der Waals surface area contributed by atoms with Crippen molar-refractivity contribution in [2.24, 2.45) is 15.3 Å². The van der Waals surface area contributed by atoms with Gasteiger partial charge in [0.1, 0.15) is 11.4 Å². The van der Waals surface area contributed by atoms with Gasteiger partial charge < -0.3 is 5.11 Å². The average molecular weight is 527 g/mol. The number of phenols is 1. The number of hydrogen-bond donors (Lipinski definition) is 2. The summed E-state index contributed by atoms with van der Waals surface area (Å²) in [6.07, 6.45) is 0. The van der Waals surface area contributed by atoms with Crippen molar-refractivity contribution in [3.05, 3.63) is 52.6 Å². The predicted octanol–water partition coefficient (Wildman–Crippen LogP) is 1.77. The fourth-order valence-electron chi connectivity index (χ4n) is 2.86. The third-order valence-electron chi connectivity index (χ3n) is 4.57. The summed E-state index contributed by atoms with van der Waals surface area (Å²) < 4.78 is 58.2. The molecular formula is C18H17N5O10S2. The maximum atomic E-state index is 12.8. The second kappa shape index (κ2) is 9.82. The molecule has 0 saturated carbocycles. The maximum Gasteiger partial charge on any atom is 0.397 e. The molecule has 2 aromatic carbocycles. The number of sulfone groups is 1. The number of amides is 1. The van der Waals surface area contributed by atoms with Crippen molar-refractivity contribution in [1.29, 1.82) is 0 Å². The van der Waals surface area contributed by atoms with Crippen molar-refractivity contribution in [3.8, 4) is 5.75 Å². The van der Waals surface area contributed by atoms with E-state index in [9.17, 15) is 36.9 Å². The van der Waals surface area contributed by atoms with Crippen molar-refractivity contribution in [3.63, 3.8) is 0 Å². The summed E-state index contributed by atoms with van der Waals surface area (Å²) in [6.45, 7) is 0.701. The molecule has 0 radical (unpaired) electrons. The highest BCUT2D eigenvalue weighted by Gasteiger charge is 2.35. The molecule has 1 atom stereocenters. The predicted molar refractivity (Wildman–Crippen MR) is 120 cm³/mol. The van der Waals surface area contributed by atoms with E-state index in [1.807, 2.05) is 0 Å². The number of azo groups is 1. The Morgan fingerprint density at radius 2 is 1.83 bits per heavy atom. The first-order valence-electron chi connectivity index (χ1n) is 9.50. The second-order valence-electron chi connectivity index (χ2n) is 7.00. The molecule has 1 aliphatic rings. The van der Waals surface area contributed by atoms with E-state index in [-0.39, 0.29) is 33.4 Å². The average Bonchev–Trinajstić information content (AvgIpc) is 3.05. The van der Waals surface area contributed by atoms with Gasteiger partial charge in [0.25, 0.3) is 11.6 Å². The van der Waals surface area contributed by atoms with Crippen LogP contribution in [0.5, 0.6) is 5.75 Å². The van der Waals surface area contributed by atoms with Crippen LogP contribution in [-0.4, -0.2) is 61.4 Å². The normalized spacial score (nSPS) is 16.6. The Bertz CT molecular complexity index is 1440. The number of nitrogens with zero attached hydrogens (tertiary/aromatic N) is 5. The SMILES string of the molecule is CC1=NN(c2ccc(S(=O)(=O)CCOS(=O)(=O)O)cc2)C(=O)[C@@H]1N=Nc1cc([N+](=O)[O-])ccc1O. The van der Waals surface area contributed by atoms with Crippen LogP contribution in [0, 0.1) is 10.1 Å². The Balaban J connectivity index is 1.75. The van der Waals surface area contributed by atoms with Crippen LogP contribution in [0.4, 0.5) is 17.1 Å². The highest BCUT2D eigenvalue weighted by atomic mass is 32.3. The van der Waals surface area contributed by atoms with Gasteiger partial charge in [0.05, 0.1) is 33.6 Å². The monoisotopic (exact) mass is 527 g/mol. The number of rotatable bonds is 9. The first-order chi connectivity index (χ1) is 16.3. The number of non-ortho nitro benzene ring substituents is 1. The van der Waals surface area contributed by atoms with E-state index in [2.05, 4.69) is 19.5 Å². The molecule has 1 heterocycles. The van der Waals surface area contributed by atoms with E-state index in [0.29, 0.717) is 0 Å². The van der Waals surface area contributed by atoms with Crippen LogP contribution in [0.25, 0.3) is 0 Å². The third kappa shape index (κ3) is 6.21. The van der Waals surface area contributed by atoms with Crippen molar-refractivity contribution >= 4 is 48.9 Å². The van der Waals surface area contributed by atoms with Crippen LogP contribution in [0.15, 0.2) is 62.7 Å². The topological polar surface area (TPSA) is 218 Å². The smallest absolute Gasteiger partial charge is 0.397 e. The first-order valence-corrected chi connectivity index (χ1v) is 12.5. The highest BCUT2D eigenvalue weighted by Crippen LogP contribution is 2.32. The van der Waals surface area contributed by atoms with Crippen LogP contribution in [-0.2, 0) is 29.2 Å². The van der Waals surface area contributed by atoms with Gasteiger partial charge in [0.2, 0.25) is 0 Å². The molecule has 0 unspecified atom stereocenters. The van der Waals surface area contributed by atoms with Crippen LogP contribution in [0.1, 0.15) is 6.92 Å². The molecule has 35 heavy (non-hydrogen) atoms. The maximum absolute atomic E-state index is 12.8. The molecule has 1 amide bonds. The fraction of sp³-hybridized carbons (Fsp3) is 0.222. The lowest BCUT2D eigenvalue weighted by Gasteiger charge is -2.13. The summed E-state index contributed by atoms with van der Waals surface area (Å²) in [5.74, 6) is -1.75. The molecule has 0 bridgehead atoms. The molecule has 0 saturated heterocycles. The molecule has 0 aromatic heterocycles. The number of phenolic OH excluding ortho intramolecular Hbond substituents is 1. The van der Waals surface area contributed by atoms with E-state index < -0.39 is 49.5 Å². The van der Waals surface area contributed by atoms with Crippen molar-refractivity contribution < 1.29 is 40.4 Å². The molecule has 2 aromatic rings. The molecule has 1 aliphatic heterocycles. The molecule has 15 nitrogen and oxygen atoms in total. The van der Waals surface area contributed by atoms with Crippen LogP contribution in [0.2, 0.25) is 0 Å². The largest absolute Gasteiger partial charge is 0.506 e. The summed E-state index contributed by atoms with van der Waals surface area (Å²) in [6, 6.07) is 6.87. The van der Waals surface area contributed by atoms with Gasteiger partial charge in [0.15, 0.2) is 15.9 Å². The van der Waals surface area contributed by atoms with Gasteiger partial charge in [-0.3, -0.25) is 19.5 Å². The summed E-state index contributed by atoms with van der Waals surface area (Å²) in [4.78, 5) is 22.8. The lowest BCUT2D eigenvalue weighted by Crippen LogP contribution is -2.29. The number of nitro benzene ring substituents is 1. The van der Waals surface area contributed by atoms with Crippen molar-refractivity contribution in [2.75, 3.05) is 17.4 Å². The minimum Gasteiger partial charge on any atom is -0.506 e. The number of carbonyl (C=O) groups excluding carboxylic acids is 1. The minimum absolute atomic E-state index is 0.190. The van der Waals surface area contributed by atoms with Gasteiger partial charge in [-0.25, -0.2) is 12.6 Å². The molecule has 0 spiro atoms. The Kier molecular flexibility index (Phi) is 7.25. The van der Waals surface area contributed by atoms with Gasteiger partial charge in [-0.15, -0.1) is 0 Å². The number of hydrogen-bond acceptors (Lipinski definition) is 12. The summed E-state index contributed by atoms with van der Waals surface area (Å²) >= 11 is 0. The van der Waals surface area contributed by atoms with Crippen molar-refractivity contribution in [2.45, 2.75) is 17.9 Å². The standard InChI is InChI=1S/C18H17N5O10S2/c1-11-17(20-19-15-10-13(23(26)27)4-7-16(15)24)18(25)22(21-11)12-2-5-14(6-3-12)34(28,29)9-8-33-35(30,31)32/h2-7,10,17,24H,8-9H2,1H3,(H,30,31,32)/t17-/m1/s1. The van der Waals surface area contributed by atoms with Gasteiger partial charge in [0, 0.05) is 12.1 Å².